The van der Waals surface area contributed by atoms with Gasteiger partial charge in [0.1, 0.15) is 19.0 Å². The van der Waals surface area contributed by atoms with Crippen molar-refractivity contribution in [3.63, 3.8) is 0 Å². The van der Waals surface area contributed by atoms with E-state index < -0.39 is 17.9 Å². The van der Waals surface area contributed by atoms with Crippen molar-refractivity contribution >= 4 is 11.9 Å². The van der Waals surface area contributed by atoms with Crippen LogP contribution in [0.2, 0.25) is 0 Å². The Bertz CT molecular complexity index is 664. The van der Waals surface area contributed by atoms with Gasteiger partial charge < -0.3 is 14.2 Å². The Morgan fingerprint density at radius 2 is 1.67 bits per heavy atom. The van der Waals surface area contributed by atoms with Crippen molar-refractivity contribution < 1.29 is 23.8 Å². The fourth-order valence-corrected chi connectivity index (χ4v) is 1.98. The molecule has 0 amide bonds. The Balaban J connectivity index is 1.84. The van der Waals surface area contributed by atoms with Crippen molar-refractivity contribution in [3.8, 4) is 5.75 Å². The summed E-state index contributed by atoms with van der Waals surface area (Å²) in [4.78, 5) is 23.2. The Morgan fingerprint density at radius 1 is 1.00 bits per heavy atom. The van der Waals surface area contributed by atoms with Crippen molar-refractivity contribution in [2.45, 2.75) is 13.5 Å². The molecular weight excluding hydrogens is 308 g/mol. The molecule has 0 heterocycles. The second-order valence-electron chi connectivity index (χ2n) is 5.32. The SMILES string of the molecule is COC(=O)[C@@H](C)COC(=O)c1ccc(OCc2ccccc2)cc1. The van der Waals surface area contributed by atoms with E-state index in [1.807, 2.05) is 30.3 Å². The maximum Gasteiger partial charge on any atom is 0.338 e. The minimum absolute atomic E-state index is 0.0161. The van der Waals surface area contributed by atoms with Gasteiger partial charge >= 0.3 is 11.9 Å². The Hall–Kier alpha value is -2.82. The maximum atomic E-state index is 11.9. The molecule has 0 spiro atoms. The third kappa shape index (κ3) is 5.12. The number of carbonyl (C=O) groups is 2. The molecule has 0 saturated heterocycles. The van der Waals surface area contributed by atoms with E-state index in [0.717, 1.165) is 5.56 Å². The number of benzene rings is 2. The summed E-state index contributed by atoms with van der Waals surface area (Å²) in [7, 11) is 1.30. The lowest BCUT2D eigenvalue weighted by atomic mass is 10.2. The Kier molecular flexibility index (Phi) is 6.37. The van der Waals surface area contributed by atoms with Crippen molar-refractivity contribution in [3.05, 3.63) is 65.7 Å². The maximum absolute atomic E-state index is 11.9. The number of hydrogen-bond donors (Lipinski definition) is 0. The van der Waals surface area contributed by atoms with Gasteiger partial charge in [0, 0.05) is 0 Å². The molecule has 5 nitrogen and oxygen atoms in total. The van der Waals surface area contributed by atoms with Crippen LogP contribution in [0.25, 0.3) is 0 Å². The lowest BCUT2D eigenvalue weighted by Crippen LogP contribution is -2.20. The molecule has 24 heavy (non-hydrogen) atoms. The average Bonchev–Trinajstić information content (AvgIpc) is 2.64. The molecule has 0 unspecified atom stereocenters. The Labute approximate surface area is 141 Å². The van der Waals surface area contributed by atoms with E-state index in [1.165, 1.54) is 7.11 Å². The van der Waals surface area contributed by atoms with Gasteiger partial charge in [0.2, 0.25) is 0 Å². The van der Waals surface area contributed by atoms with Gasteiger partial charge in [-0.3, -0.25) is 4.79 Å². The quantitative estimate of drug-likeness (QED) is 0.730. The van der Waals surface area contributed by atoms with Gasteiger partial charge in [-0.25, -0.2) is 4.79 Å². The first kappa shape index (κ1) is 17.5. The molecule has 126 valence electrons. The third-order valence-electron chi connectivity index (χ3n) is 3.41. The zero-order valence-corrected chi connectivity index (χ0v) is 13.7. The summed E-state index contributed by atoms with van der Waals surface area (Å²) in [5, 5.41) is 0. The highest BCUT2D eigenvalue weighted by atomic mass is 16.5. The summed E-state index contributed by atoms with van der Waals surface area (Å²) in [5.41, 5.74) is 1.47. The summed E-state index contributed by atoms with van der Waals surface area (Å²) < 4.78 is 15.3. The topological polar surface area (TPSA) is 61.8 Å². The third-order valence-corrected chi connectivity index (χ3v) is 3.41. The molecule has 0 aromatic heterocycles. The first-order valence-corrected chi connectivity index (χ1v) is 7.62. The van der Waals surface area contributed by atoms with Crippen molar-refractivity contribution in [1.29, 1.82) is 0 Å². The number of hydrogen-bond acceptors (Lipinski definition) is 5. The number of esters is 2. The predicted octanol–water partition coefficient (Wildman–Crippen LogP) is 3.23. The van der Waals surface area contributed by atoms with Crippen LogP contribution in [0, 0.1) is 5.92 Å². The first-order chi connectivity index (χ1) is 11.6. The number of rotatable bonds is 7. The lowest BCUT2D eigenvalue weighted by molar-refractivity contribution is -0.146. The zero-order chi connectivity index (χ0) is 17.4. The molecular formula is C19H20O5. The molecule has 0 fully saturated rings. The monoisotopic (exact) mass is 328 g/mol. The zero-order valence-electron chi connectivity index (χ0n) is 13.7. The van der Waals surface area contributed by atoms with Crippen LogP contribution >= 0.6 is 0 Å². The number of carbonyl (C=O) groups excluding carboxylic acids is 2. The highest BCUT2D eigenvalue weighted by Gasteiger charge is 2.16. The van der Waals surface area contributed by atoms with Gasteiger partial charge in [-0.05, 0) is 36.8 Å². The van der Waals surface area contributed by atoms with E-state index in [1.54, 1.807) is 31.2 Å². The van der Waals surface area contributed by atoms with Gasteiger partial charge in [-0.1, -0.05) is 30.3 Å². The van der Waals surface area contributed by atoms with Crippen LogP contribution in [0.1, 0.15) is 22.8 Å². The van der Waals surface area contributed by atoms with Gasteiger partial charge in [-0.2, -0.15) is 0 Å². The van der Waals surface area contributed by atoms with Crippen LogP contribution in [0.3, 0.4) is 0 Å². The van der Waals surface area contributed by atoms with E-state index in [-0.39, 0.29) is 6.61 Å². The molecule has 0 aliphatic rings. The molecule has 0 bridgehead atoms. The Morgan fingerprint density at radius 3 is 2.29 bits per heavy atom. The van der Waals surface area contributed by atoms with E-state index in [9.17, 15) is 9.59 Å². The van der Waals surface area contributed by atoms with E-state index >= 15 is 0 Å². The second-order valence-corrected chi connectivity index (χ2v) is 5.32. The van der Waals surface area contributed by atoms with Gasteiger partial charge in [-0.15, -0.1) is 0 Å². The molecule has 0 saturated carbocycles. The van der Waals surface area contributed by atoms with E-state index in [4.69, 9.17) is 9.47 Å². The fraction of sp³-hybridized carbons (Fsp3) is 0.263. The molecule has 0 N–H and O–H groups in total. The van der Waals surface area contributed by atoms with Crippen LogP contribution in [-0.4, -0.2) is 25.7 Å². The van der Waals surface area contributed by atoms with Crippen molar-refractivity contribution in [1.82, 2.24) is 0 Å². The molecule has 0 aliphatic carbocycles. The first-order valence-electron chi connectivity index (χ1n) is 7.62. The van der Waals surface area contributed by atoms with Crippen LogP contribution in [0.15, 0.2) is 54.6 Å². The van der Waals surface area contributed by atoms with Crippen molar-refractivity contribution in [2.24, 2.45) is 5.92 Å². The fourth-order valence-electron chi connectivity index (χ4n) is 1.98. The second kappa shape index (κ2) is 8.72. The predicted molar refractivity (Wildman–Crippen MR) is 88.7 cm³/mol. The standard InChI is InChI=1S/C19H20O5/c1-14(18(20)22-2)12-24-19(21)16-8-10-17(11-9-16)23-13-15-6-4-3-5-7-15/h3-11,14H,12-13H2,1-2H3/t14-/m0/s1. The molecule has 2 aromatic carbocycles. The summed E-state index contributed by atoms with van der Waals surface area (Å²) in [6.45, 7) is 2.08. The summed E-state index contributed by atoms with van der Waals surface area (Å²) in [6, 6.07) is 16.5. The van der Waals surface area contributed by atoms with Gasteiger partial charge in [0.25, 0.3) is 0 Å². The van der Waals surface area contributed by atoms with Crippen LogP contribution in [0.4, 0.5) is 0 Å². The largest absolute Gasteiger partial charge is 0.489 e. The van der Waals surface area contributed by atoms with Gasteiger partial charge in [0.15, 0.2) is 0 Å². The molecule has 2 aromatic rings. The minimum Gasteiger partial charge on any atom is -0.489 e. The van der Waals surface area contributed by atoms with Crippen LogP contribution in [-0.2, 0) is 20.9 Å². The van der Waals surface area contributed by atoms with E-state index in [2.05, 4.69) is 4.74 Å². The molecule has 2 rings (SSSR count). The molecule has 5 heteroatoms. The minimum atomic E-state index is -0.493. The average molecular weight is 328 g/mol. The molecule has 0 radical (unpaired) electrons. The summed E-state index contributed by atoms with van der Waals surface area (Å²) in [6.07, 6.45) is 0. The highest BCUT2D eigenvalue weighted by Crippen LogP contribution is 2.15. The van der Waals surface area contributed by atoms with Gasteiger partial charge in [0.05, 0.1) is 18.6 Å². The molecule has 1 atom stereocenters. The summed E-state index contributed by atoms with van der Waals surface area (Å²) in [5.74, 6) is -0.724. The number of methoxy groups -OCH3 is 1. The van der Waals surface area contributed by atoms with Crippen molar-refractivity contribution in [2.75, 3.05) is 13.7 Å². The number of ether oxygens (including phenoxy) is 3. The van der Waals surface area contributed by atoms with E-state index in [0.29, 0.717) is 17.9 Å². The molecule has 0 aliphatic heterocycles. The highest BCUT2D eigenvalue weighted by molar-refractivity contribution is 5.89. The lowest BCUT2D eigenvalue weighted by Gasteiger charge is -2.10. The smallest absolute Gasteiger partial charge is 0.338 e. The van der Waals surface area contributed by atoms with Crippen LogP contribution in [0.5, 0.6) is 5.75 Å². The normalized spacial score (nSPS) is 11.4. The van der Waals surface area contributed by atoms with Crippen LogP contribution < -0.4 is 4.74 Å². The summed E-state index contributed by atoms with van der Waals surface area (Å²) >= 11 is 0.